The van der Waals surface area contributed by atoms with Crippen molar-refractivity contribution in [2.24, 2.45) is 5.92 Å². The molecule has 0 aromatic carbocycles. The molecule has 4 heteroatoms. The summed E-state index contributed by atoms with van der Waals surface area (Å²) in [5, 5.41) is 8.75. The maximum atomic E-state index is 10.6. The van der Waals surface area contributed by atoms with Crippen LogP contribution in [0.4, 0.5) is 0 Å². The molecule has 1 heterocycles. The molecule has 0 amide bonds. The second-order valence-corrected chi connectivity index (χ2v) is 5.28. The average Bonchev–Trinajstić information content (AvgIpc) is 2.31. The van der Waals surface area contributed by atoms with Crippen molar-refractivity contribution in [1.29, 1.82) is 0 Å². The molecular weight excluding hydrogens is 252 g/mol. The van der Waals surface area contributed by atoms with Crippen LogP contribution in [-0.2, 0) is 6.42 Å². The Morgan fingerprint density at radius 2 is 2.31 bits per heavy atom. The normalized spacial score (nSPS) is 10.8. The number of rotatable bonds is 3. The van der Waals surface area contributed by atoms with Crippen molar-refractivity contribution in [3.63, 3.8) is 0 Å². The molecule has 0 bridgehead atoms. The molecule has 1 aromatic rings. The molecule has 1 rings (SSSR count). The Labute approximate surface area is 89.7 Å². The van der Waals surface area contributed by atoms with Gasteiger partial charge in [-0.2, -0.15) is 0 Å². The summed E-state index contributed by atoms with van der Waals surface area (Å²) in [6.45, 7) is 4.24. The molecule has 1 aromatic heterocycles. The summed E-state index contributed by atoms with van der Waals surface area (Å²) in [5.41, 5.74) is 0. The van der Waals surface area contributed by atoms with Crippen LogP contribution >= 0.6 is 27.3 Å². The van der Waals surface area contributed by atoms with Gasteiger partial charge in [0.15, 0.2) is 0 Å². The highest BCUT2D eigenvalue weighted by atomic mass is 79.9. The molecule has 0 fully saturated rings. The molecule has 0 unspecified atom stereocenters. The molecule has 1 N–H and O–H groups in total. The first-order valence-electron chi connectivity index (χ1n) is 4.02. The van der Waals surface area contributed by atoms with Gasteiger partial charge in [-0.1, -0.05) is 13.8 Å². The van der Waals surface area contributed by atoms with E-state index in [1.165, 1.54) is 11.3 Å². The standard InChI is InChI=1S/C9H11BrO2S/c1-5(2)3-7-6(10)4-8(13-7)9(11)12/h4-5H,3H2,1-2H3,(H,11,12). The van der Waals surface area contributed by atoms with Gasteiger partial charge >= 0.3 is 5.97 Å². The van der Waals surface area contributed by atoms with Gasteiger partial charge in [-0.05, 0) is 34.3 Å². The van der Waals surface area contributed by atoms with Crippen LogP contribution < -0.4 is 0 Å². The van der Waals surface area contributed by atoms with Crippen LogP contribution in [0.5, 0.6) is 0 Å². The van der Waals surface area contributed by atoms with E-state index in [9.17, 15) is 4.79 Å². The Bertz CT molecular complexity index is 317. The molecule has 13 heavy (non-hydrogen) atoms. The summed E-state index contributed by atoms with van der Waals surface area (Å²) < 4.78 is 0.920. The van der Waals surface area contributed by atoms with E-state index in [0.717, 1.165) is 15.8 Å². The second-order valence-electron chi connectivity index (χ2n) is 3.28. The maximum Gasteiger partial charge on any atom is 0.345 e. The molecule has 0 aliphatic rings. The average molecular weight is 263 g/mol. The Balaban J connectivity index is 2.90. The van der Waals surface area contributed by atoms with Crippen molar-refractivity contribution < 1.29 is 9.90 Å². The minimum Gasteiger partial charge on any atom is -0.477 e. The van der Waals surface area contributed by atoms with Crippen molar-refractivity contribution in [3.05, 3.63) is 20.3 Å². The number of carbonyl (C=O) groups is 1. The number of hydrogen-bond acceptors (Lipinski definition) is 2. The van der Waals surface area contributed by atoms with Gasteiger partial charge < -0.3 is 5.11 Å². The molecule has 0 aliphatic heterocycles. The van der Waals surface area contributed by atoms with Gasteiger partial charge in [-0.15, -0.1) is 11.3 Å². The summed E-state index contributed by atoms with van der Waals surface area (Å²) in [6, 6.07) is 1.67. The van der Waals surface area contributed by atoms with E-state index < -0.39 is 5.97 Å². The van der Waals surface area contributed by atoms with Gasteiger partial charge in [0.2, 0.25) is 0 Å². The number of carboxylic acid groups (broad SMARTS) is 1. The van der Waals surface area contributed by atoms with E-state index >= 15 is 0 Å². The predicted octanol–water partition coefficient (Wildman–Crippen LogP) is 3.41. The fraction of sp³-hybridized carbons (Fsp3) is 0.444. The number of aromatic carboxylic acids is 1. The second kappa shape index (κ2) is 4.24. The van der Waals surface area contributed by atoms with Gasteiger partial charge in [-0.3, -0.25) is 0 Å². The largest absolute Gasteiger partial charge is 0.477 e. The molecule has 0 saturated heterocycles. The highest BCUT2D eigenvalue weighted by Crippen LogP contribution is 2.29. The lowest BCUT2D eigenvalue weighted by atomic mass is 10.1. The third-order valence-electron chi connectivity index (χ3n) is 1.56. The molecule has 0 saturated carbocycles. The third kappa shape index (κ3) is 2.81. The Morgan fingerprint density at radius 3 is 2.69 bits per heavy atom. The molecule has 0 atom stereocenters. The first-order chi connectivity index (χ1) is 6.00. The van der Waals surface area contributed by atoms with Gasteiger partial charge in [0.05, 0.1) is 0 Å². The topological polar surface area (TPSA) is 37.3 Å². The Morgan fingerprint density at radius 1 is 1.69 bits per heavy atom. The zero-order valence-corrected chi connectivity index (χ0v) is 9.91. The van der Waals surface area contributed by atoms with Crippen molar-refractivity contribution in [2.45, 2.75) is 20.3 Å². The summed E-state index contributed by atoms with van der Waals surface area (Å²) in [5.74, 6) is -0.294. The fourth-order valence-corrected chi connectivity index (χ4v) is 2.91. The van der Waals surface area contributed by atoms with E-state index in [1.54, 1.807) is 6.07 Å². The highest BCUT2D eigenvalue weighted by Gasteiger charge is 2.12. The van der Waals surface area contributed by atoms with Crippen LogP contribution in [0, 0.1) is 5.92 Å². The van der Waals surface area contributed by atoms with E-state index in [-0.39, 0.29) is 0 Å². The number of carboxylic acids is 1. The van der Waals surface area contributed by atoms with E-state index in [1.807, 2.05) is 0 Å². The summed E-state index contributed by atoms with van der Waals surface area (Å²) in [4.78, 5) is 12.2. The number of halogens is 1. The maximum absolute atomic E-state index is 10.6. The molecule has 2 nitrogen and oxygen atoms in total. The smallest absolute Gasteiger partial charge is 0.345 e. The van der Waals surface area contributed by atoms with Crippen LogP contribution in [0.1, 0.15) is 28.4 Å². The Hall–Kier alpha value is -0.350. The van der Waals surface area contributed by atoms with Crippen molar-refractivity contribution >= 4 is 33.2 Å². The van der Waals surface area contributed by atoms with Crippen molar-refractivity contribution in [2.75, 3.05) is 0 Å². The number of thiophene rings is 1. The lowest BCUT2D eigenvalue weighted by Crippen LogP contribution is -1.91. The third-order valence-corrected chi connectivity index (χ3v) is 3.68. The van der Waals surface area contributed by atoms with Crippen LogP contribution in [0.3, 0.4) is 0 Å². The minimum absolute atomic E-state index is 0.405. The van der Waals surface area contributed by atoms with Crippen molar-refractivity contribution in [1.82, 2.24) is 0 Å². The first kappa shape index (κ1) is 10.7. The fourth-order valence-electron chi connectivity index (χ4n) is 1.02. The molecular formula is C9H11BrO2S. The first-order valence-corrected chi connectivity index (χ1v) is 5.63. The quantitative estimate of drug-likeness (QED) is 0.907. The zero-order chi connectivity index (χ0) is 10.0. The van der Waals surface area contributed by atoms with Crippen molar-refractivity contribution in [3.8, 4) is 0 Å². The summed E-state index contributed by atoms with van der Waals surface area (Å²) in [6.07, 6.45) is 0.929. The SMILES string of the molecule is CC(C)Cc1sc(C(=O)O)cc1Br. The Kier molecular flexibility index (Phi) is 3.50. The highest BCUT2D eigenvalue weighted by molar-refractivity contribution is 9.10. The summed E-state index contributed by atoms with van der Waals surface area (Å²) >= 11 is 4.71. The van der Waals surface area contributed by atoms with Gasteiger partial charge in [0.25, 0.3) is 0 Å². The monoisotopic (exact) mass is 262 g/mol. The van der Waals surface area contributed by atoms with Gasteiger partial charge in [0.1, 0.15) is 4.88 Å². The summed E-state index contributed by atoms with van der Waals surface area (Å²) in [7, 11) is 0. The molecule has 0 aliphatic carbocycles. The predicted molar refractivity (Wildman–Crippen MR) is 57.5 cm³/mol. The van der Waals surface area contributed by atoms with Gasteiger partial charge in [0, 0.05) is 9.35 Å². The van der Waals surface area contributed by atoms with Crippen LogP contribution in [-0.4, -0.2) is 11.1 Å². The molecule has 0 spiro atoms. The molecule has 0 radical (unpaired) electrons. The van der Waals surface area contributed by atoms with E-state index in [2.05, 4.69) is 29.8 Å². The van der Waals surface area contributed by atoms with Crippen LogP contribution in [0.2, 0.25) is 0 Å². The van der Waals surface area contributed by atoms with E-state index in [4.69, 9.17) is 5.11 Å². The molecule has 72 valence electrons. The van der Waals surface area contributed by atoms with Crippen LogP contribution in [0.15, 0.2) is 10.5 Å². The van der Waals surface area contributed by atoms with Gasteiger partial charge in [-0.25, -0.2) is 4.79 Å². The zero-order valence-electron chi connectivity index (χ0n) is 7.50. The lowest BCUT2D eigenvalue weighted by molar-refractivity contribution is 0.0702. The number of hydrogen-bond donors (Lipinski definition) is 1. The minimum atomic E-state index is -0.847. The van der Waals surface area contributed by atoms with Crippen LogP contribution in [0.25, 0.3) is 0 Å². The lowest BCUT2D eigenvalue weighted by Gasteiger charge is -2.00. The van der Waals surface area contributed by atoms with E-state index in [0.29, 0.717) is 10.8 Å².